The van der Waals surface area contributed by atoms with Gasteiger partial charge in [0.05, 0.1) is 17.9 Å². The number of rotatable bonds is 0. The summed E-state index contributed by atoms with van der Waals surface area (Å²) in [6.45, 7) is 2.75. The van der Waals surface area contributed by atoms with Gasteiger partial charge in [-0.25, -0.2) is 13.9 Å². The van der Waals surface area contributed by atoms with Gasteiger partial charge in [0.1, 0.15) is 17.2 Å². The van der Waals surface area contributed by atoms with Crippen molar-refractivity contribution in [2.45, 2.75) is 44.7 Å². The minimum Gasteiger partial charge on any atom is -0.349 e. The van der Waals surface area contributed by atoms with Gasteiger partial charge >= 0.3 is 0 Å². The lowest BCUT2D eigenvalue weighted by molar-refractivity contribution is 0.0940. The van der Waals surface area contributed by atoms with Crippen LogP contribution in [-0.4, -0.2) is 38.1 Å². The van der Waals surface area contributed by atoms with E-state index in [9.17, 15) is 9.18 Å². The second-order valence-electron chi connectivity index (χ2n) is 7.58. The van der Waals surface area contributed by atoms with E-state index in [1.165, 1.54) is 12.1 Å². The average Bonchev–Trinajstić information content (AvgIpc) is 3.31. The zero-order valence-corrected chi connectivity index (χ0v) is 15.6. The fraction of sp³-hybridized carbons (Fsp3) is 0.400. The first-order chi connectivity index (χ1) is 13.6. The van der Waals surface area contributed by atoms with E-state index in [1.54, 1.807) is 10.7 Å². The molecule has 0 aliphatic carbocycles. The second-order valence-corrected chi connectivity index (χ2v) is 7.58. The van der Waals surface area contributed by atoms with Gasteiger partial charge in [-0.1, -0.05) is 0 Å². The molecule has 28 heavy (non-hydrogen) atoms. The third-order valence-corrected chi connectivity index (χ3v) is 5.56. The predicted molar refractivity (Wildman–Crippen MR) is 102 cm³/mol. The number of nitrogens with zero attached hydrogens (tertiary/aromatic N) is 5. The van der Waals surface area contributed by atoms with Crippen molar-refractivity contribution < 1.29 is 9.18 Å². The van der Waals surface area contributed by atoms with Crippen LogP contribution in [0, 0.1) is 5.82 Å². The van der Waals surface area contributed by atoms with Crippen molar-refractivity contribution in [1.29, 1.82) is 0 Å². The maximum Gasteiger partial charge on any atom is 0.256 e. The Hall–Kier alpha value is -3.03. The fourth-order valence-electron chi connectivity index (χ4n) is 4.14. The van der Waals surface area contributed by atoms with Crippen LogP contribution in [0.3, 0.4) is 0 Å². The molecule has 5 rings (SSSR count). The number of nitrogens with one attached hydrogen (secondary N) is 1. The highest BCUT2D eigenvalue weighted by atomic mass is 19.1. The smallest absolute Gasteiger partial charge is 0.256 e. The average molecular weight is 380 g/mol. The number of anilines is 1. The molecule has 3 aromatic heterocycles. The molecule has 5 heterocycles. The molecule has 1 amide bonds. The Balaban J connectivity index is 1.67. The van der Waals surface area contributed by atoms with Crippen molar-refractivity contribution >= 4 is 17.4 Å². The third kappa shape index (κ3) is 2.89. The van der Waals surface area contributed by atoms with E-state index in [-0.39, 0.29) is 23.8 Å². The molecule has 4 bridgehead atoms. The van der Waals surface area contributed by atoms with Crippen molar-refractivity contribution in [3.63, 3.8) is 0 Å². The van der Waals surface area contributed by atoms with E-state index in [2.05, 4.69) is 15.3 Å². The maximum absolute atomic E-state index is 14.3. The molecular formula is C20H21FN6O. The summed E-state index contributed by atoms with van der Waals surface area (Å²) in [5.41, 5.74) is 2.45. The van der Waals surface area contributed by atoms with Gasteiger partial charge in [-0.15, -0.1) is 0 Å². The van der Waals surface area contributed by atoms with Crippen molar-refractivity contribution in [1.82, 2.24) is 24.9 Å². The Kier molecular flexibility index (Phi) is 3.99. The van der Waals surface area contributed by atoms with Crippen LogP contribution >= 0.6 is 0 Å². The third-order valence-electron chi connectivity index (χ3n) is 5.56. The van der Waals surface area contributed by atoms with Crippen LogP contribution in [0.15, 0.2) is 30.6 Å². The van der Waals surface area contributed by atoms with Crippen LogP contribution < -0.4 is 10.2 Å². The van der Waals surface area contributed by atoms with Crippen molar-refractivity contribution in [2.24, 2.45) is 0 Å². The molecule has 1 saturated heterocycles. The number of hydrogen-bond donors (Lipinski definition) is 1. The summed E-state index contributed by atoms with van der Waals surface area (Å²) < 4.78 is 15.9. The van der Waals surface area contributed by atoms with Crippen molar-refractivity contribution in [3.8, 4) is 0 Å². The van der Waals surface area contributed by atoms with E-state index in [4.69, 9.17) is 9.97 Å². The number of fused-ring (bicyclic) bond motifs is 6. The highest BCUT2D eigenvalue weighted by Gasteiger charge is 2.30. The zero-order chi connectivity index (χ0) is 19.3. The van der Waals surface area contributed by atoms with Crippen LogP contribution in [0.1, 0.15) is 54.0 Å². The molecule has 2 aliphatic heterocycles. The van der Waals surface area contributed by atoms with E-state index in [0.717, 1.165) is 36.6 Å². The molecule has 2 atom stereocenters. The molecule has 0 saturated carbocycles. The normalized spacial score (nSPS) is 22.2. The molecule has 2 unspecified atom stereocenters. The molecule has 1 N–H and O–H groups in total. The highest BCUT2D eigenvalue weighted by molar-refractivity contribution is 5.99. The minimum absolute atomic E-state index is 0.0232. The number of carbonyl (C=O) groups excluding carboxylic acids is 1. The van der Waals surface area contributed by atoms with Crippen LogP contribution in [0.25, 0.3) is 5.65 Å². The summed E-state index contributed by atoms with van der Waals surface area (Å²) >= 11 is 0. The maximum atomic E-state index is 14.3. The van der Waals surface area contributed by atoms with Crippen molar-refractivity contribution in [3.05, 3.63) is 53.4 Å². The molecule has 0 aromatic carbocycles. The van der Waals surface area contributed by atoms with Crippen LogP contribution in [0.2, 0.25) is 0 Å². The summed E-state index contributed by atoms with van der Waals surface area (Å²) in [5, 5.41) is 7.25. The van der Waals surface area contributed by atoms with Crippen LogP contribution in [0.5, 0.6) is 0 Å². The highest BCUT2D eigenvalue weighted by Crippen LogP contribution is 2.35. The molecule has 8 heteroatoms. The molecule has 0 spiro atoms. The van der Waals surface area contributed by atoms with Gasteiger partial charge in [0.25, 0.3) is 5.91 Å². The van der Waals surface area contributed by atoms with Gasteiger partial charge in [-0.2, -0.15) is 5.10 Å². The summed E-state index contributed by atoms with van der Waals surface area (Å²) in [4.78, 5) is 24.4. The Labute approximate surface area is 161 Å². The first-order valence-corrected chi connectivity index (χ1v) is 9.67. The van der Waals surface area contributed by atoms with Gasteiger partial charge in [-0.3, -0.25) is 9.78 Å². The van der Waals surface area contributed by atoms with Gasteiger partial charge in [0.15, 0.2) is 5.65 Å². The summed E-state index contributed by atoms with van der Waals surface area (Å²) in [5.74, 6) is 0.287. The zero-order valence-electron chi connectivity index (χ0n) is 15.6. The molecule has 0 radical (unpaired) electrons. The van der Waals surface area contributed by atoms with E-state index in [1.807, 2.05) is 19.2 Å². The number of carbonyl (C=O) groups is 1. The number of aryl methyl sites for hydroxylation is 1. The lowest BCUT2D eigenvalue weighted by Crippen LogP contribution is -2.33. The largest absolute Gasteiger partial charge is 0.349 e. The van der Waals surface area contributed by atoms with Crippen LogP contribution in [0.4, 0.5) is 10.2 Å². The van der Waals surface area contributed by atoms with Gasteiger partial charge in [-0.05, 0) is 50.8 Å². The Morgan fingerprint density at radius 3 is 3.04 bits per heavy atom. The summed E-state index contributed by atoms with van der Waals surface area (Å²) in [6, 6.07) is 4.81. The number of amides is 1. The van der Waals surface area contributed by atoms with Gasteiger partial charge in [0, 0.05) is 24.5 Å². The molecule has 7 nitrogen and oxygen atoms in total. The van der Waals surface area contributed by atoms with E-state index >= 15 is 0 Å². The van der Waals surface area contributed by atoms with Gasteiger partial charge < -0.3 is 10.2 Å². The number of aromatic nitrogens is 4. The Morgan fingerprint density at radius 1 is 1.25 bits per heavy atom. The molecule has 2 aliphatic rings. The van der Waals surface area contributed by atoms with Crippen molar-refractivity contribution in [2.75, 3.05) is 11.4 Å². The lowest BCUT2D eigenvalue weighted by atomic mass is 10.1. The quantitative estimate of drug-likeness (QED) is 0.649. The summed E-state index contributed by atoms with van der Waals surface area (Å²) in [7, 11) is 0. The monoisotopic (exact) mass is 380 g/mol. The van der Waals surface area contributed by atoms with Gasteiger partial charge in [0.2, 0.25) is 0 Å². The van der Waals surface area contributed by atoms with Crippen LogP contribution in [-0.2, 0) is 6.42 Å². The summed E-state index contributed by atoms with van der Waals surface area (Å²) in [6.07, 6.45) is 6.52. The lowest BCUT2D eigenvalue weighted by Gasteiger charge is -2.26. The Morgan fingerprint density at radius 2 is 2.14 bits per heavy atom. The predicted octanol–water partition coefficient (Wildman–Crippen LogP) is 2.67. The second kappa shape index (κ2) is 6.54. The standard InChI is InChI=1S/C20H21FN6O/c1-12-4-5-14-9-13(21)10-16(24-14)17-3-2-7-26(17)18-6-8-27-19(25-18)15(11-22-27)20(28)23-12/h6,8-12,17H,2-5,7H2,1H3,(H,23,28). The Bertz CT molecular complexity index is 1060. The molecule has 3 aromatic rings. The fourth-order valence-corrected chi connectivity index (χ4v) is 4.14. The molecule has 144 valence electrons. The topological polar surface area (TPSA) is 75.4 Å². The number of halogens is 1. The number of pyridine rings is 1. The minimum atomic E-state index is -0.267. The van der Waals surface area contributed by atoms with E-state index < -0.39 is 0 Å². The first kappa shape index (κ1) is 17.1. The van der Waals surface area contributed by atoms with E-state index in [0.29, 0.717) is 24.1 Å². The number of hydrogen-bond acceptors (Lipinski definition) is 5. The SMILES string of the molecule is CC1CCc2cc(F)cc(n2)C2CCCN2c2ccn3ncc(c3n2)C(=O)N1. The molecular weight excluding hydrogens is 359 g/mol. The first-order valence-electron chi connectivity index (χ1n) is 9.67. The molecule has 1 fully saturated rings.